The van der Waals surface area contributed by atoms with Crippen LogP contribution in [0.25, 0.3) is 0 Å². The van der Waals surface area contributed by atoms with E-state index in [1.54, 1.807) is 41.5 Å². The van der Waals surface area contributed by atoms with Gasteiger partial charge >= 0.3 is 59.9 Å². The third kappa shape index (κ3) is 31.0. The number of amides is 4. The SMILES string of the molecule is CC(C)(C)OC(=O)Nc1cc2cc(c1)C(=O)OCCCCCCCCOC(=O)c1cc(NC(=O)c3ccc(C(=O)Nc4cc5cc(c4)C(=O)OCCCCCCCCOC(=O)c4cc(NC(=O)OC(C)(C)C)cc(c4)C(=O)OCCCCCCCCOC5=O)cc3)cc(c1)C(=O)OCCCCCCCCOC2=O. The smallest absolute Gasteiger partial charge is 0.412 e. The van der Waals surface area contributed by atoms with Crippen LogP contribution in [0.5, 0.6) is 0 Å². The fourth-order valence-corrected chi connectivity index (χ4v) is 11.4. The molecule has 26 nitrogen and oxygen atoms in total. The Balaban J connectivity index is 0.934. The van der Waals surface area contributed by atoms with Gasteiger partial charge < -0.3 is 58.0 Å². The minimum Gasteiger partial charge on any atom is -0.462 e. The zero-order valence-corrected chi connectivity index (χ0v) is 62.8. The van der Waals surface area contributed by atoms with Crippen molar-refractivity contribution in [3.8, 4) is 0 Å². The lowest BCUT2D eigenvalue weighted by molar-refractivity contribution is 0.0474. The molecule has 2 aliphatic rings. The van der Waals surface area contributed by atoms with Crippen LogP contribution < -0.4 is 21.3 Å². The number of hydrogen-bond acceptors (Lipinski definition) is 22. The summed E-state index contributed by atoms with van der Waals surface area (Å²) in [5.74, 6) is -6.93. The molecular weight excluding hydrogens is 1390 g/mol. The molecule has 2 aliphatic heterocycles. The molecule has 108 heavy (non-hydrogen) atoms. The van der Waals surface area contributed by atoms with Crippen molar-refractivity contribution < 1.29 is 105 Å². The van der Waals surface area contributed by atoms with Crippen molar-refractivity contribution >= 4 is 94.5 Å². The van der Waals surface area contributed by atoms with E-state index in [1.807, 2.05) is 0 Å². The van der Waals surface area contributed by atoms with Crippen molar-refractivity contribution in [2.45, 2.75) is 207 Å². The van der Waals surface area contributed by atoms with Crippen LogP contribution in [0, 0.1) is 0 Å². The van der Waals surface area contributed by atoms with E-state index < -0.39 is 83.0 Å². The Labute approximate surface area is 630 Å². The topological polar surface area (TPSA) is 345 Å². The highest BCUT2D eigenvalue weighted by Crippen LogP contribution is 2.26. The van der Waals surface area contributed by atoms with Crippen LogP contribution >= 0.6 is 0 Å². The second kappa shape index (κ2) is 43.8. The van der Waals surface area contributed by atoms with Crippen LogP contribution in [0.3, 0.4) is 0 Å². The van der Waals surface area contributed by atoms with Crippen LogP contribution in [0.2, 0.25) is 0 Å². The fourth-order valence-electron chi connectivity index (χ4n) is 11.4. The number of nitrogens with one attached hydrogen (secondary N) is 4. The first-order valence-corrected chi connectivity index (χ1v) is 37.5. The second-order valence-corrected chi connectivity index (χ2v) is 28.5. The Morgan fingerprint density at radius 1 is 0.250 bits per heavy atom. The first kappa shape index (κ1) is 84.6. The molecule has 4 amide bonds. The van der Waals surface area contributed by atoms with E-state index in [2.05, 4.69) is 21.3 Å². The number of rotatable bonds is 6. The maximum atomic E-state index is 13.9. The van der Waals surface area contributed by atoms with Crippen molar-refractivity contribution in [3.05, 3.63) is 153 Å². The standard InChI is InChI=1S/C82H102N4O22/c1-81(2,3)107-79(97)85-67-51-61-45-62(52-67)76(94)104-40-28-20-12-8-16-24-36-100-72(90)58-43-57(71(89)99-35-23-15-7-11-19-27-39-103-75(61)93)47-65(48-58)83-69(87)55-31-33-56(34-32-55)70(88)84-66-49-59-44-60(50-66)74(92)102-38-26-18-10-14-22-30-42-106-78(96)64-46-63(53-68(54-64)86-80(98)108-82(4,5)6)77(95)105-41-29-21-13-9-17-25-37-101-73(59)91/h31-34,43-54H,7-30,35-42H2,1-6H3,(H,83,87)(H,84,88)(H,85,97)(H,86,98). The van der Waals surface area contributed by atoms with Gasteiger partial charge in [-0.2, -0.15) is 0 Å². The van der Waals surface area contributed by atoms with Crippen molar-refractivity contribution in [2.24, 2.45) is 0 Å². The highest BCUT2D eigenvalue weighted by Gasteiger charge is 2.25. The first-order valence-electron chi connectivity index (χ1n) is 37.5. The van der Waals surface area contributed by atoms with Crippen molar-refractivity contribution in [1.29, 1.82) is 0 Å². The van der Waals surface area contributed by atoms with Gasteiger partial charge in [-0.3, -0.25) is 20.2 Å². The van der Waals surface area contributed by atoms with Crippen LogP contribution in [-0.4, -0.2) is 136 Å². The van der Waals surface area contributed by atoms with E-state index in [-0.39, 0.29) is 131 Å². The summed E-state index contributed by atoms with van der Waals surface area (Å²) in [5.41, 5.74) is -0.720. The number of benzene rings is 5. The number of anilines is 4. The van der Waals surface area contributed by atoms with Gasteiger partial charge in [0, 0.05) is 33.9 Å². The fraction of sp³-hybridized carbons (Fsp3) is 0.488. The highest BCUT2D eigenvalue weighted by molar-refractivity contribution is 6.09. The van der Waals surface area contributed by atoms with Crippen molar-refractivity contribution in [2.75, 3.05) is 74.1 Å². The number of carbonyl (C=O) groups excluding carboxylic acids is 12. The number of carbonyl (C=O) groups is 12. The summed E-state index contributed by atoms with van der Waals surface area (Å²) in [6, 6.07) is 22.2. The maximum absolute atomic E-state index is 13.9. The van der Waals surface area contributed by atoms with E-state index in [9.17, 15) is 57.5 Å². The molecule has 2 heterocycles. The lowest BCUT2D eigenvalue weighted by atomic mass is 10.1. The first-order chi connectivity index (χ1) is 51.7. The monoisotopic (exact) mass is 1490 g/mol. The molecule has 0 aliphatic carbocycles. The maximum Gasteiger partial charge on any atom is 0.412 e. The van der Waals surface area contributed by atoms with Gasteiger partial charge in [0.05, 0.1) is 97.4 Å². The number of ether oxygens (including phenoxy) is 10. The van der Waals surface area contributed by atoms with Gasteiger partial charge in [-0.1, -0.05) is 103 Å². The predicted octanol–water partition coefficient (Wildman–Crippen LogP) is 16.9. The summed E-state index contributed by atoms with van der Waals surface area (Å²) >= 11 is 0. The van der Waals surface area contributed by atoms with Crippen LogP contribution in [-0.2, 0) is 47.4 Å². The average molecular weight is 1500 g/mol. The Bertz CT molecular complexity index is 3510. The zero-order chi connectivity index (χ0) is 77.9. The second-order valence-electron chi connectivity index (χ2n) is 28.5. The summed E-state index contributed by atoms with van der Waals surface area (Å²) < 4.78 is 55.5. The van der Waals surface area contributed by atoms with Gasteiger partial charge in [0.25, 0.3) is 11.8 Å². The van der Waals surface area contributed by atoms with Gasteiger partial charge in [0.1, 0.15) is 11.2 Å². The van der Waals surface area contributed by atoms with E-state index in [0.29, 0.717) is 77.0 Å². The molecule has 0 fully saturated rings. The summed E-state index contributed by atoms with van der Waals surface area (Å²) in [4.78, 5) is 160. The molecule has 0 spiro atoms. The minimum atomic E-state index is -0.793. The Morgan fingerprint density at radius 2 is 0.407 bits per heavy atom. The summed E-state index contributed by atoms with van der Waals surface area (Å²) in [7, 11) is 0. The molecule has 8 bridgehead atoms. The molecule has 0 saturated heterocycles. The third-order valence-corrected chi connectivity index (χ3v) is 16.9. The van der Waals surface area contributed by atoms with Gasteiger partial charge in [0.15, 0.2) is 0 Å². The van der Waals surface area contributed by atoms with Gasteiger partial charge in [-0.25, -0.2) is 47.9 Å². The lowest BCUT2D eigenvalue weighted by Crippen LogP contribution is -2.27. The van der Waals surface area contributed by atoms with E-state index in [1.165, 1.54) is 97.1 Å². The molecule has 0 aromatic heterocycles. The third-order valence-electron chi connectivity index (χ3n) is 16.9. The van der Waals surface area contributed by atoms with Crippen molar-refractivity contribution in [3.63, 3.8) is 0 Å². The minimum absolute atomic E-state index is 0.0115. The van der Waals surface area contributed by atoms with E-state index in [0.717, 1.165) is 77.0 Å². The molecular formula is C82H102N4O22. The number of esters is 8. The van der Waals surface area contributed by atoms with Crippen LogP contribution in [0.4, 0.5) is 32.3 Å². The summed E-state index contributed by atoms with van der Waals surface area (Å²) in [5, 5.41) is 10.7. The van der Waals surface area contributed by atoms with Crippen LogP contribution in [0.15, 0.2) is 97.1 Å². The van der Waals surface area contributed by atoms with Gasteiger partial charge in [-0.05, 0) is 190 Å². The van der Waals surface area contributed by atoms with Gasteiger partial charge in [-0.15, -0.1) is 0 Å². The van der Waals surface area contributed by atoms with Crippen molar-refractivity contribution in [1.82, 2.24) is 0 Å². The van der Waals surface area contributed by atoms with E-state index in [4.69, 9.17) is 47.4 Å². The quantitative estimate of drug-likeness (QED) is 0.0906. The number of hydrogen-bond donors (Lipinski definition) is 4. The Morgan fingerprint density at radius 3 is 0.574 bits per heavy atom. The van der Waals surface area contributed by atoms with Gasteiger partial charge in [0.2, 0.25) is 0 Å². The molecule has 26 heteroatoms. The molecule has 0 radical (unpaired) electrons. The average Bonchev–Trinajstić information content (AvgIpc) is 0.842. The molecule has 0 saturated carbocycles. The molecule has 0 unspecified atom stereocenters. The molecule has 5 aromatic rings. The molecule has 4 N–H and O–H groups in total. The predicted molar refractivity (Wildman–Crippen MR) is 401 cm³/mol. The Hall–Kier alpha value is -10.7. The normalized spacial score (nSPS) is 16.9. The van der Waals surface area contributed by atoms with Crippen LogP contribution in [0.1, 0.15) is 299 Å². The molecule has 0 atom stereocenters. The van der Waals surface area contributed by atoms with E-state index >= 15 is 0 Å². The lowest BCUT2D eigenvalue weighted by Gasteiger charge is -2.20. The number of cyclic esters (lactones) is 8. The summed E-state index contributed by atoms with van der Waals surface area (Å²) in [6.07, 6.45) is 14.8. The number of fused-ring (bicyclic) bond motifs is 8. The highest BCUT2D eigenvalue weighted by atomic mass is 16.6. The molecule has 582 valence electrons. The Kier molecular flexibility index (Phi) is 34.3. The largest absolute Gasteiger partial charge is 0.462 e. The molecule has 7 rings (SSSR count). The summed E-state index contributed by atoms with van der Waals surface area (Å²) in [6.45, 7) is 11.0. The molecule has 5 aromatic carbocycles. The zero-order valence-electron chi connectivity index (χ0n) is 62.8.